The highest BCUT2D eigenvalue weighted by atomic mass is 33.1. The average molecular weight is 368 g/mol. The van der Waals surface area contributed by atoms with Crippen LogP contribution in [0.4, 0.5) is 0 Å². The van der Waals surface area contributed by atoms with Crippen molar-refractivity contribution < 1.29 is 24.2 Å². The van der Waals surface area contributed by atoms with Crippen molar-refractivity contribution in [3.63, 3.8) is 0 Å². The average Bonchev–Trinajstić information content (AvgIpc) is 2.89. The van der Waals surface area contributed by atoms with Crippen LogP contribution < -0.4 is 0 Å². The fourth-order valence-corrected chi connectivity index (χ4v) is 7.34. The third kappa shape index (κ3) is 1.77. The standard InChI is InChI=1S/C15H16N2O5S2/c1-8(18)22-7-15-13(21)17-11-9(4-3-5-10(11)19)6-14(17,23-24-15)12(20)16(15)2/h3-5,10-11,19H,6-7H2,1-2H3/t10-,11-,14+,15+/m0/s1. The summed E-state index contributed by atoms with van der Waals surface area (Å²) in [5.74, 6) is -0.994. The van der Waals surface area contributed by atoms with Crippen molar-refractivity contribution in [1.82, 2.24) is 9.80 Å². The molecule has 0 radical (unpaired) electrons. The number of carbonyl (C=O) groups excluding carboxylic acids is 3. The number of aliphatic hydroxyl groups is 1. The minimum Gasteiger partial charge on any atom is -0.462 e. The molecule has 1 aliphatic carbocycles. The Morgan fingerprint density at radius 1 is 1.42 bits per heavy atom. The summed E-state index contributed by atoms with van der Waals surface area (Å²) in [5.41, 5.74) is 0.874. The maximum absolute atomic E-state index is 13.3. The van der Waals surface area contributed by atoms with E-state index >= 15 is 0 Å². The Morgan fingerprint density at radius 2 is 2.17 bits per heavy atom. The number of aliphatic hydroxyl groups excluding tert-OH is 1. The van der Waals surface area contributed by atoms with E-state index in [0.717, 1.165) is 5.57 Å². The zero-order valence-corrected chi connectivity index (χ0v) is 14.7. The number of allylic oxidation sites excluding steroid dienone is 2. The number of fused-ring (bicyclic) bond motifs is 3. The molecular weight excluding hydrogens is 352 g/mol. The number of hydrogen-bond donors (Lipinski definition) is 1. The molecule has 4 fully saturated rings. The molecular formula is C15H16N2O5S2. The van der Waals surface area contributed by atoms with Crippen molar-refractivity contribution in [2.75, 3.05) is 13.7 Å². The van der Waals surface area contributed by atoms with Gasteiger partial charge in [-0.3, -0.25) is 14.4 Å². The Bertz CT molecular complexity index is 723. The van der Waals surface area contributed by atoms with Crippen LogP contribution >= 0.6 is 21.6 Å². The lowest BCUT2D eigenvalue weighted by molar-refractivity contribution is -0.171. The second-order valence-corrected chi connectivity index (χ2v) is 8.98. The van der Waals surface area contributed by atoms with Crippen LogP contribution in [0, 0.1) is 0 Å². The lowest BCUT2D eigenvalue weighted by Gasteiger charge is -2.58. The third-order valence-electron chi connectivity index (χ3n) is 4.96. The Labute approximate surface area is 146 Å². The van der Waals surface area contributed by atoms with E-state index in [1.807, 2.05) is 6.08 Å². The number of nitrogens with zero attached hydrogens (tertiary/aromatic N) is 2. The van der Waals surface area contributed by atoms with E-state index in [1.54, 1.807) is 19.2 Å². The van der Waals surface area contributed by atoms with Crippen LogP contribution in [0.1, 0.15) is 13.3 Å². The predicted octanol–water partition coefficient (Wildman–Crippen LogP) is 0.267. The summed E-state index contributed by atoms with van der Waals surface area (Å²) >= 11 is 0. The van der Waals surface area contributed by atoms with Gasteiger partial charge in [0.2, 0.25) is 4.87 Å². The van der Waals surface area contributed by atoms with E-state index in [4.69, 9.17) is 4.74 Å². The highest BCUT2D eigenvalue weighted by Crippen LogP contribution is 2.64. The molecule has 2 amide bonds. The quantitative estimate of drug-likeness (QED) is 0.553. The third-order valence-corrected chi connectivity index (χ3v) is 8.58. The molecule has 0 unspecified atom stereocenters. The molecule has 5 aliphatic rings. The van der Waals surface area contributed by atoms with Crippen molar-refractivity contribution >= 4 is 39.4 Å². The zero-order valence-electron chi connectivity index (χ0n) is 13.1. The largest absolute Gasteiger partial charge is 0.462 e. The van der Waals surface area contributed by atoms with Crippen LogP contribution in [0.2, 0.25) is 0 Å². The van der Waals surface area contributed by atoms with E-state index in [1.165, 1.54) is 38.3 Å². The molecule has 4 heterocycles. The first-order valence-electron chi connectivity index (χ1n) is 7.51. The molecule has 5 rings (SSSR count). The molecule has 1 spiro atoms. The van der Waals surface area contributed by atoms with Gasteiger partial charge in [-0.2, -0.15) is 0 Å². The van der Waals surface area contributed by atoms with Gasteiger partial charge in [0.25, 0.3) is 11.8 Å². The summed E-state index contributed by atoms with van der Waals surface area (Å²) in [5, 5.41) is 10.4. The molecule has 0 saturated carbocycles. The molecule has 4 saturated heterocycles. The summed E-state index contributed by atoms with van der Waals surface area (Å²) in [7, 11) is 4.16. The monoisotopic (exact) mass is 368 g/mol. The number of amides is 2. The number of esters is 1. The van der Waals surface area contributed by atoms with E-state index < -0.39 is 27.9 Å². The summed E-state index contributed by atoms with van der Waals surface area (Å²) in [6.07, 6.45) is 4.79. The molecule has 4 atom stereocenters. The second kappa shape index (κ2) is 5.03. The molecule has 1 N–H and O–H groups in total. The van der Waals surface area contributed by atoms with Crippen LogP contribution in [0.15, 0.2) is 23.8 Å². The van der Waals surface area contributed by atoms with Gasteiger partial charge in [0.05, 0.1) is 12.1 Å². The summed E-state index contributed by atoms with van der Waals surface area (Å²) < 4.78 is 5.09. The summed E-state index contributed by atoms with van der Waals surface area (Å²) in [4.78, 5) is 38.2. The van der Waals surface area contributed by atoms with Gasteiger partial charge in [-0.05, 0) is 16.4 Å². The maximum atomic E-state index is 13.3. The number of rotatable bonds is 2. The molecule has 0 aromatic rings. The van der Waals surface area contributed by atoms with Gasteiger partial charge in [-0.15, -0.1) is 0 Å². The van der Waals surface area contributed by atoms with Crippen molar-refractivity contribution in [3.05, 3.63) is 23.8 Å². The number of ether oxygens (including phenoxy) is 1. The van der Waals surface area contributed by atoms with E-state index in [0.29, 0.717) is 6.42 Å². The smallest absolute Gasteiger partial charge is 0.302 e. The minimum atomic E-state index is -1.29. The van der Waals surface area contributed by atoms with Crippen molar-refractivity contribution in [3.8, 4) is 0 Å². The predicted molar refractivity (Wildman–Crippen MR) is 88.5 cm³/mol. The SMILES string of the molecule is CC(=O)OC[C@@]12SS[C@]3(CC4=CC=C[C@H](O)[C@H]4N3C1=O)C(=O)N2C. The number of likely N-dealkylation sites (N-methyl/N-ethyl adjacent to an activating group) is 1. The molecule has 0 aromatic heterocycles. The van der Waals surface area contributed by atoms with Gasteiger partial charge < -0.3 is 19.6 Å². The van der Waals surface area contributed by atoms with Gasteiger partial charge in [-0.25, -0.2) is 0 Å². The van der Waals surface area contributed by atoms with Crippen molar-refractivity contribution in [2.24, 2.45) is 0 Å². The van der Waals surface area contributed by atoms with Crippen molar-refractivity contribution in [1.29, 1.82) is 0 Å². The fraction of sp³-hybridized carbons (Fsp3) is 0.533. The van der Waals surface area contributed by atoms with E-state index in [-0.39, 0.29) is 18.4 Å². The molecule has 7 nitrogen and oxygen atoms in total. The van der Waals surface area contributed by atoms with Crippen molar-refractivity contribution in [2.45, 2.75) is 35.2 Å². The Kier molecular flexibility index (Phi) is 3.36. The Hall–Kier alpha value is -1.45. The lowest BCUT2D eigenvalue weighted by Crippen LogP contribution is -2.77. The normalized spacial score (nSPS) is 39.7. The highest BCUT2D eigenvalue weighted by Gasteiger charge is 2.73. The first-order chi connectivity index (χ1) is 11.3. The molecule has 2 bridgehead atoms. The summed E-state index contributed by atoms with van der Waals surface area (Å²) in [6, 6.07) is -0.537. The number of carbonyl (C=O) groups is 3. The Balaban J connectivity index is 1.80. The molecule has 9 heteroatoms. The van der Waals surface area contributed by atoms with Crippen LogP contribution in [-0.4, -0.2) is 68.2 Å². The first-order valence-corrected chi connectivity index (χ1v) is 9.66. The topological polar surface area (TPSA) is 87.1 Å². The minimum absolute atomic E-state index is 0.194. The van der Waals surface area contributed by atoms with Crippen LogP contribution in [0.25, 0.3) is 0 Å². The molecule has 0 aromatic carbocycles. The van der Waals surface area contributed by atoms with Gasteiger partial charge >= 0.3 is 5.97 Å². The number of piperazine rings is 1. The zero-order chi connectivity index (χ0) is 17.3. The molecule has 24 heavy (non-hydrogen) atoms. The molecule has 128 valence electrons. The van der Waals surface area contributed by atoms with Gasteiger partial charge in [0, 0.05) is 20.4 Å². The number of hydrogen-bond acceptors (Lipinski definition) is 7. The maximum Gasteiger partial charge on any atom is 0.302 e. The Morgan fingerprint density at radius 3 is 2.88 bits per heavy atom. The second-order valence-electron chi connectivity index (χ2n) is 6.29. The van der Waals surface area contributed by atoms with Crippen LogP contribution in [-0.2, 0) is 19.1 Å². The van der Waals surface area contributed by atoms with Gasteiger partial charge in [-0.1, -0.05) is 29.0 Å². The van der Waals surface area contributed by atoms with Crippen LogP contribution in [0.5, 0.6) is 0 Å². The van der Waals surface area contributed by atoms with Gasteiger partial charge in [0.15, 0.2) is 4.87 Å². The van der Waals surface area contributed by atoms with Crippen LogP contribution in [0.3, 0.4) is 0 Å². The molecule has 4 aliphatic heterocycles. The highest BCUT2D eigenvalue weighted by molar-refractivity contribution is 8.78. The summed E-state index contributed by atoms with van der Waals surface area (Å²) in [6.45, 7) is 1.06. The first kappa shape index (κ1) is 16.0. The van der Waals surface area contributed by atoms with E-state index in [9.17, 15) is 19.5 Å². The lowest BCUT2D eigenvalue weighted by atomic mass is 9.97. The van der Waals surface area contributed by atoms with Gasteiger partial charge in [0.1, 0.15) is 6.61 Å². The fourth-order valence-electron chi connectivity index (χ4n) is 3.73. The van der Waals surface area contributed by atoms with E-state index in [2.05, 4.69) is 0 Å².